The van der Waals surface area contributed by atoms with E-state index in [-0.39, 0.29) is 0 Å². The number of para-hydroxylation sites is 1. The molecule has 76 valence electrons. The maximum absolute atomic E-state index is 5.61. The van der Waals surface area contributed by atoms with Crippen molar-refractivity contribution in [2.24, 2.45) is 0 Å². The monoisotopic (exact) mass is 256 g/mol. The predicted molar refractivity (Wildman–Crippen MR) is 59.5 cm³/mol. The molecule has 0 saturated carbocycles. The summed E-state index contributed by atoms with van der Waals surface area (Å²) in [5.41, 5.74) is 1.21. The van der Waals surface area contributed by atoms with Gasteiger partial charge in [-0.25, -0.2) is 0 Å². The molecule has 3 heteroatoms. The molecule has 1 aromatic carbocycles. The van der Waals surface area contributed by atoms with Crippen LogP contribution in [0.1, 0.15) is 12.5 Å². The molecule has 0 bridgehead atoms. The number of hydrogen-bond acceptors (Lipinski definition) is 2. The van der Waals surface area contributed by atoms with Gasteiger partial charge in [0.1, 0.15) is 13.2 Å². The summed E-state index contributed by atoms with van der Waals surface area (Å²) >= 11 is 3.54. The minimum atomic E-state index is 0.458. The van der Waals surface area contributed by atoms with Gasteiger partial charge < -0.3 is 9.47 Å². The number of halogens is 1. The number of alkyl halides is 1. The van der Waals surface area contributed by atoms with Crippen LogP contribution in [0.3, 0.4) is 0 Å². The summed E-state index contributed by atoms with van der Waals surface area (Å²) in [6.45, 7) is 3.43. The van der Waals surface area contributed by atoms with Crippen molar-refractivity contribution in [1.82, 2.24) is 0 Å². The Hall–Kier alpha value is -0.700. The fourth-order valence-electron chi connectivity index (χ4n) is 1.60. The van der Waals surface area contributed by atoms with Crippen LogP contribution in [-0.2, 0) is 6.42 Å². The van der Waals surface area contributed by atoms with Gasteiger partial charge in [-0.3, -0.25) is 0 Å². The zero-order chi connectivity index (χ0) is 9.97. The Balaban J connectivity index is 2.30. The van der Waals surface area contributed by atoms with Crippen molar-refractivity contribution >= 4 is 15.9 Å². The SMILES string of the molecule is CC(Br)Cc1cccc2c1OCCO2. The molecule has 0 N–H and O–H groups in total. The highest BCUT2D eigenvalue weighted by Gasteiger charge is 2.15. The van der Waals surface area contributed by atoms with Crippen molar-refractivity contribution < 1.29 is 9.47 Å². The molecule has 14 heavy (non-hydrogen) atoms. The Morgan fingerprint density at radius 2 is 2.14 bits per heavy atom. The highest BCUT2D eigenvalue weighted by molar-refractivity contribution is 9.09. The molecule has 2 nitrogen and oxygen atoms in total. The van der Waals surface area contributed by atoms with Gasteiger partial charge in [-0.2, -0.15) is 0 Å². The van der Waals surface area contributed by atoms with Crippen molar-refractivity contribution in [1.29, 1.82) is 0 Å². The van der Waals surface area contributed by atoms with Crippen LogP contribution < -0.4 is 9.47 Å². The van der Waals surface area contributed by atoms with E-state index in [1.807, 2.05) is 12.1 Å². The summed E-state index contributed by atoms with van der Waals surface area (Å²) in [7, 11) is 0. The van der Waals surface area contributed by atoms with Gasteiger partial charge in [0.25, 0.3) is 0 Å². The van der Waals surface area contributed by atoms with E-state index < -0.39 is 0 Å². The number of fused-ring (bicyclic) bond motifs is 1. The Morgan fingerprint density at radius 3 is 2.93 bits per heavy atom. The molecule has 1 atom stereocenters. The second-order valence-corrected chi connectivity index (χ2v) is 4.99. The molecule has 0 fully saturated rings. The number of ether oxygens (including phenoxy) is 2. The maximum Gasteiger partial charge on any atom is 0.164 e. The molecule has 2 rings (SSSR count). The molecule has 0 radical (unpaired) electrons. The van der Waals surface area contributed by atoms with Gasteiger partial charge in [-0.05, 0) is 18.1 Å². The van der Waals surface area contributed by atoms with Crippen LogP contribution in [0.4, 0.5) is 0 Å². The van der Waals surface area contributed by atoms with Crippen molar-refractivity contribution in [2.75, 3.05) is 13.2 Å². The summed E-state index contributed by atoms with van der Waals surface area (Å²) in [6, 6.07) is 6.06. The fraction of sp³-hybridized carbons (Fsp3) is 0.455. The molecule has 0 saturated heterocycles. The zero-order valence-corrected chi connectivity index (χ0v) is 9.71. The molecule has 0 aromatic heterocycles. The lowest BCUT2D eigenvalue weighted by molar-refractivity contribution is 0.170. The minimum absolute atomic E-state index is 0.458. The Kier molecular flexibility index (Phi) is 2.96. The molecule has 1 aromatic rings. The Morgan fingerprint density at radius 1 is 1.36 bits per heavy atom. The van der Waals surface area contributed by atoms with Crippen LogP contribution in [0.15, 0.2) is 18.2 Å². The largest absolute Gasteiger partial charge is 0.486 e. The molecule has 1 aliphatic rings. The van der Waals surface area contributed by atoms with E-state index in [2.05, 4.69) is 28.9 Å². The summed E-state index contributed by atoms with van der Waals surface area (Å²) < 4.78 is 11.1. The van der Waals surface area contributed by atoms with Crippen molar-refractivity contribution in [3.63, 3.8) is 0 Å². The van der Waals surface area contributed by atoms with Crippen molar-refractivity contribution in [3.8, 4) is 11.5 Å². The molecule has 0 amide bonds. The lowest BCUT2D eigenvalue weighted by atomic mass is 10.1. The first kappa shape index (κ1) is 9.84. The van der Waals surface area contributed by atoms with Crippen LogP contribution in [0.25, 0.3) is 0 Å². The van der Waals surface area contributed by atoms with Crippen LogP contribution in [-0.4, -0.2) is 18.0 Å². The third kappa shape index (κ3) is 2.03. The van der Waals surface area contributed by atoms with E-state index >= 15 is 0 Å². The first-order valence-electron chi connectivity index (χ1n) is 4.79. The van der Waals surface area contributed by atoms with Gasteiger partial charge in [0, 0.05) is 4.83 Å². The smallest absolute Gasteiger partial charge is 0.164 e. The van der Waals surface area contributed by atoms with Gasteiger partial charge in [0.15, 0.2) is 11.5 Å². The Bertz CT molecular complexity index is 323. The fourth-order valence-corrected chi connectivity index (χ4v) is 1.95. The molecule has 0 spiro atoms. The molecular weight excluding hydrogens is 244 g/mol. The lowest BCUT2D eigenvalue weighted by Gasteiger charge is -2.21. The van der Waals surface area contributed by atoms with Gasteiger partial charge in [-0.15, -0.1) is 0 Å². The van der Waals surface area contributed by atoms with Crippen LogP contribution >= 0.6 is 15.9 Å². The first-order chi connectivity index (χ1) is 6.77. The topological polar surface area (TPSA) is 18.5 Å². The van der Waals surface area contributed by atoms with E-state index in [4.69, 9.17) is 9.47 Å². The average Bonchev–Trinajstić information content (AvgIpc) is 2.18. The average molecular weight is 257 g/mol. The quantitative estimate of drug-likeness (QED) is 0.758. The number of rotatable bonds is 2. The second-order valence-electron chi connectivity index (χ2n) is 3.43. The molecule has 1 unspecified atom stereocenters. The van der Waals surface area contributed by atoms with Crippen LogP contribution in [0.2, 0.25) is 0 Å². The van der Waals surface area contributed by atoms with E-state index in [1.165, 1.54) is 5.56 Å². The highest BCUT2D eigenvalue weighted by Crippen LogP contribution is 2.34. The first-order valence-corrected chi connectivity index (χ1v) is 5.70. The molecule has 1 heterocycles. The summed E-state index contributed by atoms with van der Waals surface area (Å²) in [5.74, 6) is 1.80. The van der Waals surface area contributed by atoms with Crippen molar-refractivity contribution in [2.45, 2.75) is 18.2 Å². The van der Waals surface area contributed by atoms with E-state index in [9.17, 15) is 0 Å². The van der Waals surface area contributed by atoms with Gasteiger partial charge in [0.2, 0.25) is 0 Å². The van der Waals surface area contributed by atoms with Gasteiger partial charge in [-0.1, -0.05) is 35.0 Å². The number of hydrogen-bond donors (Lipinski definition) is 0. The summed E-state index contributed by atoms with van der Waals surface area (Å²) in [4.78, 5) is 0.458. The lowest BCUT2D eigenvalue weighted by Crippen LogP contribution is -2.17. The third-order valence-corrected chi connectivity index (χ3v) is 2.47. The van der Waals surface area contributed by atoms with Gasteiger partial charge in [0.05, 0.1) is 0 Å². The van der Waals surface area contributed by atoms with E-state index in [1.54, 1.807) is 0 Å². The van der Waals surface area contributed by atoms with E-state index in [0.29, 0.717) is 18.0 Å². The molecular formula is C11H13BrO2. The van der Waals surface area contributed by atoms with Gasteiger partial charge >= 0.3 is 0 Å². The normalized spacial score (nSPS) is 16.4. The van der Waals surface area contributed by atoms with Crippen molar-refractivity contribution in [3.05, 3.63) is 23.8 Å². The molecule has 1 aliphatic heterocycles. The number of benzene rings is 1. The molecule has 0 aliphatic carbocycles. The standard InChI is InChI=1S/C11H13BrO2/c1-8(12)7-9-3-2-4-10-11(9)14-6-5-13-10/h2-4,8H,5-7H2,1H3. The zero-order valence-electron chi connectivity index (χ0n) is 8.13. The maximum atomic E-state index is 5.61. The predicted octanol–water partition coefficient (Wildman–Crippen LogP) is 2.78. The Labute approximate surface area is 92.3 Å². The minimum Gasteiger partial charge on any atom is -0.486 e. The summed E-state index contributed by atoms with van der Waals surface area (Å²) in [6.07, 6.45) is 0.965. The third-order valence-electron chi connectivity index (χ3n) is 2.15. The van der Waals surface area contributed by atoms with Crippen LogP contribution in [0.5, 0.6) is 11.5 Å². The van der Waals surface area contributed by atoms with Crippen LogP contribution in [0, 0.1) is 0 Å². The highest BCUT2D eigenvalue weighted by atomic mass is 79.9. The second kappa shape index (κ2) is 4.22. The van der Waals surface area contributed by atoms with E-state index in [0.717, 1.165) is 17.9 Å². The summed E-state index contributed by atoms with van der Waals surface area (Å²) in [5, 5.41) is 0.